The lowest BCUT2D eigenvalue weighted by molar-refractivity contribution is -0.112. The predicted octanol–water partition coefficient (Wildman–Crippen LogP) is 1.51. The molecule has 0 spiro atoms. The molecule has 5 nitrogen and oxygen atoms in total. The van der Waals surface area contributed by atoms with Gasteiger partial charge in [0.05, 0.1) is 5.52 Å². The molecular formula is C15H18N2O3. The van der Waals surface area contributed by atoms with E-state index in [9.17, 15) is 9.59 Å². The minimum atomic E-state index is -0.310. The maximum absolute atomic E-state index is 11.9. The van der Waals surface area contributed by atoms with Crippen molar-refractivity contribution in [3.05, 3.63) is 34.8 Å². The zero-order chi connectivity index (χ0) is 13.9. The highest BCUT2D eigenvalue weighted by Gasteiger charge is 2.19. The minimum absolute atomic E-state index is 0.140. The molecule has 3 rings (SSSR count). The first-order valence-corrected chi connectivity index (χ1v) is 7.04. The van der Waals surface area contributed by atoms with E-state index >= 15 is 0 Å². The maximum atomic E-state index is 11.9. The Bertz CT molecular complexity index is 658. The van der Waals surface area contributed by atoms with E-state index in [1.807, 2.05) is 18.2 Å². The molecule has 0 saturated carbocycles. The third-order valence-electron chi connectivity index (χ3n) is 3.95. The van der Waals surface area contributed by atoms with Crippen LogP contribution in [0, 0.1) is 5.92 Å². The van der Waals surface area contributed by atoms with Gasteiger partial charge in [0.15, 0.2) is 5.58 Å². The molecule has 0 radical (unpaired) electrons. The molecule has 5 heteroatoms. The number of carbonyl (C=O) groups is 1. The third kappa shape index (κ3) is 2.54. The highest BCUT2D eigenvalue weighted by Crippen LogP contribution is 2.15. The fraction of sp³-hybridized carbons (Fsp3) is 0.467. The lowest BCUT2D eigenvalue weighted by Crippen LogP contribution is -2.38. The van der Waals surface area contributed by atoms with Gasteiger partial charge in [-0.3, -0.25) is 4.57 Å². The Labute approximate surface area is 116 Å². The first-order valence-electron chi connectivity index (χ1n) is 7.04. The number of hydrogen-bond acceptors (Lipinski definition) is 4. The Morgan fingerprint density at radius 3 is 3.00 bits per heavy atom. The van der Waals surface area contributed by atoms with Crippen LogP contribution in [0.2, 0.25) is 0 Å². The fourth-order valence-electron chi connectivity index (χ4n) is 2.87. The van der Waals surface area contributed by atoms with Gasteiger partial charge < -0.3 is 14.1 Å². The van der Waals surface area contributed by atoms with Gasteiger partial charge in [-0.25, -0.2) is 4.79 Å². The zero-order valence-electron chi connectivity index (χ0n) is 11.3. The Morgan fingerprint density at radius 1 is 1.30 bits per heavy atom. The molecule has 1 aliphatic rings. The van der Waals surface area contributed by atoms with E-state index in [-0.39, 0.29) is 11.7 Å². The molecule has 20 heavy (non-hydrogen) atoms. The van der Waals surface area contributed by atoms with Crippen molar-refractivity contribution >= 4 is 17.4 Å². The summed E-state index contributed by atoms with van der Waals surface area (Å²) in [7, 11) is 0. The summed E-state index contributed by atoms with van der Waals surface area (Å²) in [4.78, 5) is 25.0. The summed E-state index contributed by atoms with van der Waals surface area (Å²) < 4.78 is 6.88. The van der Waals surface area contributed by atoms with Crippen molar-refractivity contribution in [1.82, 2.24) is 9.47 Å². The van der Waals surface area contributed by atoms with Gasteiger partial charge in [-0.05, 0) is 31.5 Å². The molecule has 1 saturated heterocycles. The quantitative estimate of drug-likeness (QED) is 0.793. The molecule has 2 heterocycles. The van der Waals surface area contributed by atoms with Gasteiger partial charge >= 0.3 is 5.76 Å². The number of oxazole rings is 1. The lowest BCUT2D eigenvalue weighted by atomic mass is 10.00. The van der Waals surface area contributed by atoms with Crippen LogP contribution in [0.4, 0.5) is 0 Å². The van der Waals surface area contributed by atoms with Crippen LogP contribution in [0.15, 0.2) is 33.5 Å². The SMILES string of the molecule is O=CC1CCCN(CCn2c(=O)oc3ccccc32)C1. The van der Waals surface area contributed by atoms with E-state index in [1.54, 1.807) is 10.6 Å². The average Bonchev–Trinajstić information content (AvgIpc) is 2.81. The molecular weight excluding hydrogens is 256 g/mol. The second-order valence-corrected chi connectivity index (χ2v) is 5.33. The standard InChI is InChI=1S/C15H18N2O3/c18-11-12-4-3-7-16(10-12)8-9-17-13-5-1-2-6-14(13)20-15(17)19/h1-2,5-6,11-12H,3-4,7-10H2. The molecule has 0 bridgehead atoms. The second-order valence-electron chi connectivity index (χ2n) is 5.33. The lowest BCUT2D eigenvalue weighted by Gasteiger charge is -2.29. The number of hydrogen-bond donors (Lipinski definition) is 0. The minimum Gasteiger partial charge on any atom is -0.408 e. The highest BCUT2D eigenvalue weighted by atomic mass is 16.4. The van der Waals surface area contributed by atoms with Gasteiger partial charge in [0.2, 0.25) is 0 Å². The average molecular weight is 274 g/mol. The van der Waals surface area contributed by atoms with E-state index in [0.29, 0.717) is 12.1 Å². The summed E-state index contributed by atoms with van der Waals surface area (Å²) >= 11 is 0. The number of rotatable bonds is 4. The number of likely N-dealkylation sites (tertiary alicyclic amines) is 1. The number of para-hydroxylation sites is 2. The maximum Gasteiger partial charge on any atom is 0.419 e. The topological polar surface area (TPSA) is 55.5 Å². The van der Waals surface area contributed by atoms with Crippen molar-refractivity contribution in [2.24, 2.45) is 5.92 Å². The smallest absolute Gasteiger partial charge is 0.408 e. The van der Waals surface area contributed by atoms with Gasteiger partial charge in [0.1, 0.15) is 6.29 Å². The molecule has 1 aromatic heterocycles. The van der Waals surface area contributed by atoms with Crippen LogP contribution in [0.3, 0.4) is 0 Å². The van der Waals surface area contributed by atoms with E-state index < -0.39 is 0 Å². The number of fused-ring (bicyclic) bond motifs is 1. The van der Waals surface area contributed by atoms with Crippen LogP contribution in [0.1, 0.15) is 12.8 Å². The Morgan fingerprint density at radius 2 is 2.15 bits per heavy atom. The molecule has 1 aliphatic heterocycles. The second kappa shape index (κ2) is 5.63. The molecule has 1 unspecified atom stereocenters. The van der Waals surface area contributed by atoms with Crippen LogP contribution >= 0.6 is 0 Å². The summed E-state index contributed by atoms with van der Waals surface area (Å²) in [5, 5.41) is 0. The number of aldehydes is 1. The zero-order valence-corrected chi connectivity index (χ0v) is 11.3. The summed E-state index contributed by atoms with van der Waals surface area (Å²) in [6.45, 7) is 3.16. The van der Waals surface area contributed by atoms with Crippen molar-refractivity contribution in [2.45, 2.75) is 19.4 Å². The van der Waals surface area contributed by atoms with Crippen molar-refractivity contribution in [3.8, 4) is 0 Å². The fourth-order valence-corrected chi connectivity index (χ4v) is 2.87. The van der Waals surface area contributed by atoms with Crippen molar-refractivity contribution in [1.29, 1.82) is 0 Å². The molecule has 1 aromatic carbocycles. The number of benzene rings is 1. The largest absolute Gasteiger partial charge is 0.419 e. The van der Waals surface area contributed by atoms with Crippen molar-refractivity contribution < 1.29 is 9.21 Å². The summed E-state index contributed by atoms with van der Waals surface area (Å²) in [6.07, 6.45) is 3.07. The summed E-state index contributed by atoms with van der Waals surface area (Å²) in [5.41, 5.74) is 1.46. The molecule has 0 amide bonds. The van der Waals surface area contributed by atoms with Gasteiger partial charge in [-0.2, -0.15) is 0 Å². The molecule has 0 N–H and O–H groups in total. The molecule has 1 fully saturated rings. The third-order valence-corrected chi connectivity index (χ3v) is 3.95. The Balaban J connectivity index is 1.72. The monoisotopic (exact) mass is 274 g/mol. The molecule has 1 atom stereocenters. The van der Waals surface area contributed by atoms with Crippen LogP contribution in [-0.4, -0.2) is 35.4 Å². The summed E-state index contributed by atoms with van der Waals surface area (Å²) in [6, 6.07) is 7.45. The first kappa shape index (κ1) is 13.1. The number of nitrogens with zero attached hydrogens (tertiary/aromatic N) is 2. The van der Waals surface area contributed by atoms with Crippen LogP contribution in [-0.2, 0) is 11.3 Å². The van der Waals surface area contributed by atoms with Crippen molar-refractivity contribution in [3.63, 3.8) is 0 Å². The molecule has 0 aliphatic carbocycles. The number of carbonyl (C=O) groups excluding carboxylic acids is 1. The van der Waals surface area contributed by atoms with E-state index in [0.717, 1.165) is 44.3 Å². The van der Waals surface area contributed by atoms with Crippen molar-refractivity contribution in [2.75, 3.05) is 19.6 Å². The van der Waals surface area contributed by atoms with E-state index in [4.69, 9.17) is 4.42 Å². The van der Waals surface area contributed by atoms with Crippen LogP contribution in [0.5, 0.6) is 0 Å². The number of aromatic nitrogens is 1. The van der Waals surface area contributed by atoms with Gasteiger partial charge in [-0.15, -0.1) is 0 Å². The molecule has 2 aromatic rings. The molecule has 106 valence electrons. The first-order chi connectivity index (χ1) is 9.78. The van der Waals surface area contributed by atoms with Gasteiger partial charge in [0.25, 0.3) is 0 Å². The summed E-state index contributed by atoms with van der Waals surface area (Å²) in [5.74, 6) is -0.170. The highest BCUT2D eigenvalue weighted by molar-refractivity contribution is 5.72. The van der Waals surface area contributed by atoms with E-state index in [2.05, 4.69) is 4.90 Å². The van der Waals surface area contributed by atoms with Crippen LogP contribution in [0.25, 0.3) is 11.1 Å². The van der Waals surface area contributed by atoms with Gasteiger partial charge in [-0.1, -0.05) is 12.1 Å². The van der Waals surface area contributed by atoms with Crippen LogP contribution < -0.4 is 5.76 Å². The Kier molecular flexibility index (Phi) is 3.69. The van der Waals surface area contributed by atoms with Gasteiger partial charge in [0, 0.05) is 25.6 Å². The van der Waals surface area contributed by atoms with E-state index in [1.165, 1.54) is 0 Å². The Hall–Kier alpha value is -1.88. The predicted molar refractivity (Wildman–Crippen MR) is 75.7 cm³/mol. The number of piperidine rings is 1. The normalized spacial score (nSPS) is 20.3.